The van der Waals surface area contributed by atoms with Crippen molar-refractivity contribution in [2.75, 3.05) is 25.6 Å². The Morgan fingerprint density at radius 1 is 0.912 bits per heavy atom. The quantitative estimate of drug-likeness (QED) is 0.565. The summed E-state index contributed by atoms with van der Waals surface area (Å²) in [6.45, 7) is 1.73. The van der Waals surface area contributed by atoms with Crippen LogP contribution >= 0.6 is 0 Å². The van der Waals surface area contributed by atoms with Gasteiger partial charge in [0, 0.05) is 11.3 Å². The van der Waals surface area contributed by atoms with Crippen LogP contribution in [0.1, 0.15) is 5.56 Å². The molecule has 0 radical (unpaired) electrons. The van der Waals surface area contributed by atoms with E-state index in [2.05, 4.69) is 59.2 Å². The predicted molar refractivity (Wildman–Crippen MR) is 128 cm³/mol. The molecule has 0 saturated carbocycles. The molecule has 0 aromatic heterocycles. The number of carbonyl (C=O) groups excluding carboxylic acids is 1. The molecule has 2 fully saturated rings. The molecular weight excluding hydrogens is 432 g/mol. The van der Waals surface area contributed by atoms with E-state index in [0.717, 1.165) is 12.3 Å². The molecule has 3 aromatic carbocycles. The Balaban J connectivity index is 1.11. The zero-order valence-electron chi connectivity index (χ0n) is 19.1. The van der Waals surface area contributed by atoms with Gasteiger partial charge in [0.15, 0.2) is 6.10 Å². The van der Waals surface area contributed by atoms with Gasteiger partial charge in [-0.05, 0) is 35.4 Å². The van der Waals surface area contributed by atoms with E-state index in [4.69, 9.17) is 18.9 Å². The third-order valence-corrected chi connectivity index (χ3v) is 6.36. The van der Waals surface area contributed by atoms with E-state index in [1.807, 2.05) is 6.07 Å². The molecule has 34 heavy (non-hydrogen) atoms. The molecule has 176 valence electrons. The average Bonchev–Trinajstić information content (AvgIpc) is 3.47. The van der Waals surface area contributed by atoms with Crippen LogP contribution in [0.25, 0.3) is 11.1 Å². The van der Waals surface area contributed by atoms with Crippen LogP contribution in [-0.4, -0.2) is 50.8 Å². The normalized spacial score (nSPS) is 23.3. The summed E-state index contributed by atoms with van der Waals surface area (Å²) >= 11 is 0. The fourth-order valence-corrected chi connectivity index (χ4v) is 4.51. The van der Waals surface area contributed by atoms with Gasteiger partial charge in [0.1, 0.15) is 37.2 Å². The summed E-state index contributed by atoms with van der Waals surface area (Å²) in [7, 11) is 1.60. The lowest BCUT2D eigenvalue weighted by atomic mass is 10.0. The second-order valence-corrected chi connectivity index (χ2v) is 8.56. The summed E-state index contributed by atoms with van der Waals surface area (Å²) in [5.41, 5.74) is 4.30. The highest BCUT2D eigenvalue weighted by molar-refractivity contribution is 5.84. The topological polar surface area (TPSA) is 82.6 Å². The van der Waals surface area contributed by atoms with Crippen molar-refractivity contribution in [3.63, 3.8) is 0 Å². The highest BCUT2D eigenvalue weighted by Gasteiger charge is 2.51. The summed E-state index contributed by atoms with van der Waals surface area (Å²) < 4.78 is 22.7. The second kappa shape index (κ2) is 10.3. The second-order valence-electron chi connectivity index (χ2n) is 8.56. The smallest absolute Gasteiger partial charge is 0.412 e. The summed E-state index contributed by atoms with van der Waals surface area (Å²) in [5.74, 6) is 0.722. The van der Waals surface area contributed by atoms with Crippen LogP contribution in [-0.2, 0) is 20.8 Å². The first-order valence-corrected chi connectivity index (χ1v) is 11.5. The van der Waals surface area contributed by atoms with Gasteiger partial charge in [-0.1, -0.05) is 54.6 Å². The van der Waals surface area contributed by atoms with Gasteiger partial charge in [-0.2, -0.15) is 0 Å². The number of benzene rings is 3. The van der Waals surface area contributed by atoms with E-state index in [1.165, 1.54) is 16.7 Å². The van der Waals surface area contributed by atoms with E-state index >= 15 is 0 Å². The molecule has 0 unspecified atom stereocenters. The van der Waals surface area contributed by atoms with Crippen LogP contribution in [0.15, 0.2) is 78.9 Å². The Morgan fingerprint density at radius 3 is 2.35 bits per heavy atom. The molecule has 5 rings (SSSR count). The molecule has 2 aliphatic rings. The number of nitrogens with one attached hydrogen (secondary N) is 1. The van der Waals surface area contributed by atoms with Gasteiger partial charge in [-0.15, -0.1) is 0 Å². The van der Waals surface area contributed by atoms with Gasteiger partial charge in [0.05, 0.1) is 13.7 Å². The van der Waals surface area contributed by atoms with Crippen molar-refractivity contribution in [2.45, 2.75) is 30.9 Å². The van der Waals surface area contributed by atoms with Crippen molar-refractivity contribution in [2.24, 2.45) is 0 Å². The Kier molecular flexibility index (Phi) is 6.76. The van der Waals surface area contributed by atoms with Crippen molar-refractivity contribution < 1.29 is 29.1 Å². The van der Waals surface area contributed by atoms with Crippen LogP contribution in [0.4, 0.5) is 10.5 Å². The third-order valence-electron chi connectivity index (χ3n) is 6.36. The minimum atomic E-state index is -0.519. The number of amides is 1. The molecule has 2 saturated heterocycles. The van der Waals surface area contributed by atoms with Crippen molar-refractivity contribution in [1.29, 1.82) is 0 Å². The highest BCUT2D eigenvalue weighted by atomic mass is 16.6. The summed E-state index contributed by atoms with van der Waals surface area (Å²) in [6, 6.07) is 26.2. The number of fused-ring (bicyclic) bond motifs is 1. The van der Waals surface area contributed by atoms with Crippen LogP contribution in [0.2, 0.25) is 0 Å². The van der Waals surface area contributed by atoms with Gasteiger partial charge in [0.2, 0.25) is 0 Å². The zero-order chi connectivity index (χ0) is 23.3. The SMILES string of the molecule is COc1ccc(NC(=O)O[C@@H]2CO[C@H]3[C@@H]2OC[C@@H]3[NH2+]Cc2ccc(-c3ccccc3)cc2)cc1. The molecule has 7 heteroatoms. The Hall–Kier alpha value is -3.39. The summed E-state index contributed by atoms with van der Waals surface area (Å²) in [5, 5.41) is 4.99. The number of anilines is 1. The first kappa shape index (κ1) is 22.4. The van der Waals surface area contributed by atoms with E-state index < -0.39 is 12.2 Å². The number of methoxy groups -OCH3 is 1. The van der Waals surface area contributed by atoms with E-state index in [-0.39, 0.29) is 18.2 Å². The number of hydrogen-bond donors (Lipinski definition) is 2. The minimum Gasteiger partial charge on any atom is -0.497 e. The molecule has 7 nitrogen and oxygen atoms in total. The lowest BCUT2D eigenvalue weighted by Crippen LogP contribution is -2.91. The van der Waals surface area contributed by atoms with Crippen LogP contribution in [0.3, 0.4) is 0 Å². The number of ether oxygens (including phenoxy) is 4. The molecule has 3 aromatic rings. The summed E-state index contributed by atoms with van der Waals surface area (Å²) in [6.07, 6.45) is -1.29. The molecule has 0 spiro atoms. The van der Waals surface area contributed by atoms with E-state index in [0.29, 0.717) is 18.9 Å². The maximum atomic E-state index is 12.4. The van der Waals surface area contributed by atoms with Crippen molar-refractivity contribution >= 4 is 11.8 Å². The number of quaternary nitrogens is 1. The van der Waals surface area contributed by atoms with E-state index in [9.17, 15) is 4.79 Å². The Morgan fingerprint density at radius 2 is 1.62 bits per heavy atom. The minimum absolute atomic E-state index is 0.0950. The van der Waals surface area contributed by atoms with Gasteiger partial charge in [0.25, 0.3) is 0 Å². The van der Waals surface area contributed by atoms with Crippen molar-refractivity contribution in [3.05, 3.63) is 84.4 Å². The fourth-order valence-electron chi connectivity index (χ4n) is 4.51. The Bertz CT molecular complexity index is 1090. The van der Waals surface area contributed by atoms with Gasteiger partial charge in [-0.3, -0.25) is 5.32 Å². The maximum Gasteiger partial charge on any atom is 0.412 e. The zero-order valence-corrected chi connectivity index (χ0v) is 19.1. The lowest BCUT2D eigenvalue weighted by molar-refractivity contribution is -0.707. The largest absolute Gasteiger partial charge is 0.497 e. The number of carbonyl (C=O) groups is 1. The molecule has 3 N–H and O–H groups in total. The van der Waals surface area contributed by atoms with E-state index in [1.54, 1.807) is 31.4 Å². The molecule has 4 atom stereocenters. The van der Waals surface area contributed by atoms with Crippen LogP contribution in [0.5, 0.6) is 5.75 Å². The average molecular weight is 462 g/mol. The lowest BCUT2D eigenvalue weighted by Gasteiger charge is -2.17. The van der Waals surface area contributed by atoms with Crippen molar-refractivity contribution in [1.82, 2.24) is 0 Å². The van der Waals surface area contributed by atoms with Gasteiger partial charge in [-0.25, -0.2) is 4.79 Å². The molecule has 0 aliphatic carbocycles. The molecule has 1 amide bonds. The Labute approximate surface area is 199 Å². The summed E-state index contributed by atoms with van der Waals surface area (Å²) in [4.78, 5) is 12.4. The van der Waals surface area contributed by atoms with Crippen LogP contribution in [0, 0.1) is 0 Å². The molecule has 2 aliphatic heterocycles. The van der Waals surface area contributed by atoms with Gasteiger partial charge >= 0.3 is 6.09 Å². The molecule has 2 heterocycles. The number of hydrogen-bond acceptors (Lipinski definition) is 5. The van der Waals surface area contributed by atoms with Crippen molar-refractivity contribution in [3.8, 4) is 16.9 Å². The fraction of sp³-hybridized carbons (Fsp3) is 0.296. The number of nitrogens with two attached hydrogens (primary N) is 1. The predicted octanol–water partition coefficient (Wildman–Crippen LogP) is 3.21. The maximum absolute atomic E-state index is 12.4. The van der Waals surface area contributed by atoms with Gasteiger partial charge < -0.3 is 24.3 Å². The number of rotatable bonds is 7. The first-order valence-electron chi connectivity index (χ1n) is 11.5. The first-order chi connectivity index (χ1) is 16.7. The highest BCUT2D eigenvalue weighted by Crippen LogP contribution is 2.28. The van der Waals surface area contributed by atoms with Crippen LogP contribution < -0.4 is 15.4 Å². The standard InChI is InChI=1S/C27H28N2O5/c1-31-22-13-11-21(12-14-22)29-27(30)34-24-17-33-25-23(16-32-26(24)25)28-15-18-7-9-20(10-8-18)19-5-3-2-4-6-19/h2-14,23-26,28H,15-17H2,1H3,(H,29,30)/p+1/t23-,24+,25+,26+/m0/s1. The third kappa shape index (κ3) is 5.07. The molecule has 0 bridgehead atoms. The molecular formula is C27H29N2O5+. The monoisotopic (exact) mass is 461 g/mol.